The minimum Gasteiger partial charge on any atom is -0.495 e. The third-order valence-corrected chi connectivity index (χ3v) is 2.71. The van der Waals surface area contributed by atoms with Gasteiger partial charge in [-0.15, -0.1) is 0 Å². The molecule has 0 aliphatic heterocycles. The number of hydrogen-bond acceptors (Lipinski definition) is 6. The maximum Gasteiger partial charge on any atom is 0.141 e. The lowest BCUT2D eigenvalue weighted by molar-refractivity contribution is 0.417. The van der Waals surface area contributed by atoms with Crippen molar-refractivity contribution in [1.82, 2.24) is 0 Å². The van der Waals surface area contributed by atoms with E-state index in [9.17, 15) is 0 Å². The molecule has 6 nitrogen and oxygen atoms in total. The standard InChI is InChI=1S/C14H16N4O2/c1-19-13-5-3-9(7-11(13)15)17-18-10-4-6-14(20-2)12(16)8-10/h3-8H,15-16H2,1-2H3. The zero-order valence-electron chi connectivity index (χ0n) is 11.3. The fourth-order valence-electron chi connectivity index (χ4n) is 1.68. The van der Waals surface area contributed by atoms with Crippen LogP contribution in [0.5, 0.6) is 11.5 Å². The van der Waals surface area contributed by atoms with Crippen LogP contribution < -0.4 is 20.9 Å². The van der Waals surface area contributed by atoms with E-state index < -0.39 is 0 Å². The van der Waals surface area contributed by atoms with Crippen LogP contribution in [0.2, 0.25) is 0 Å². The first-order valence-corrected chi connectivity index (χ1v) is 5.93. The summed E-state index contributed by atoms with van der Waals surface area (Å²) >= 11 is 0. The minimum absolute atomic E-state index is 0.512. The largest absolute Gasteiger partial charge is 0.495 e. The maximum absolute atomic E-state index is 5.80. The van der Waals surface area contributed by atoms with Crippen molar-refractivity contribution in [3.63, 3.8) is 0 Å². The number of hydrogen-bond donors (Lipinski definition) is 2. The summed E-state index contributed by atoms with van der Waals surface area (Å²) in [6.45, 7) is 0. The van der Waals surface area contributed by atoms with Crippen LogP contribution in [-0.2, 0) is 0 Å². The number of nitrogens with zero attached hydrogens (tertiary/aromatic N) is 2. The maximum atomic E-state index is 5.80. The molecule has 0 spiro atoms. The third kappa shape index (κ3) is 2.97. The minimum atomic E-state index is 0.512. The molecule has 0 fully saturated rings. The van der Waals surface area contributed by atoms with Gasteiger partial charge >= 0.3 is 0 Å². The van der Waals surface area contributed by atoms with Crippen LogP contribution in [0.3, 0.4) is 0 Å². The molecule has 0 radical (unpaired) electrons. The number of benzene rings is 2. The molecule has 2 aromatic carbocycles. The topological polar surface area (TPSA) is 95.2 Å². The molecule has 2 aromatic rings. The first-order chi connectivity index (χ1) is 9.63. The van der Waals surface area contributed by atoms with Crippen molar-refractivity contribution in [3.05, 3.63) is 36.4 Å². The van der Waals surface area contributed by atoms with E-state index in [1.807, 2.05) is 0 Å². The van der Waals surface area contributed by atoms with E-state index >= 15 is 0 Å². The first-order valence-electron chi connectivity index (χ1n) is 5.93. The van der Waals surface area contributed by atoms with Gasteiger partial charge in [0.25, 0.3) is 0 Å². The molecule has 20 heavy (non-hydrogen) atoms. The Hall–Kier alpha value is -2.76. The van der Waals surface area contributed by atoms with Crippen molar-refractivity contribution in [2.75, 3.05) is 25.7 Å². The smallest absolute Gasteiger partial charge is 0.141 e. The predicted octanol–water partition coefficient (Wildman–Crippen LogP) is 3.28. The van der Waals surface area contributed by atoms with Crippen LogP contribution in [0.1, 0.15) is 0 Å². The molecule has 0 bridgehead atoms. The van der Waals surface area contributed by atoms with Gasteiger partial charge in [-0.25, -0.2) is 0 Å². The van der Waals surface area contributed by atoms with Crippen molar-refractivity contribution >= 4 is 22.7 Å². The summed E-state index contributed by atoms with van der Waals surface area (Å²) in [6, 6.07) is 10.4. The second kappa shape index (κ2) is 5.92. The van der Waals surface area contributed by atoms with E-state index in [-0.39, 0.29) is 0 Å². The zero-order chi connectivity index (χ0) is 14.5. The summed E-state index contributed by atoms with van der Waals surface area (Å²) < 4.78 is 10.2. The lowest BCUT2D eigenvalue weighted by Crippen LogP contribution is -1.91. The lowest BCUT2D eigenvalue weighted by Gasteiger charge is -2.04. The van der Waals surface area contributed by atoms with Crippen LogP contribution in [0.25, 0.3) is 0 Å². The average molecular weight is 272 g/mol. The fraction of sp³-hybridized carbons (Fsp3) is 0.143. The van der Waals surface area contributed by atoms with Gasteiger partial charge in [0.2, 0.25) is 0 Å². The normalized spacial score (nSPS) is 10.7. The van der Waals surface area contributed by atoms with Gasteiger partial charge in [0.05, 0.1) is 37.0 Å². The Labute approximate surface area is 117 Å². The van der Waals surface area contributed by atoms with Crippen LogP contribution in [0.15, 0.2) is 46.6 Å². The second-order valence-electron chi connectivity index (χ2n) is 4.05. The highest BCUT2D eigenvalue weighted by Gasteiger charge is 2.01. The summed E-state index contributed by atoms with van der Waals surface area (Å²) in [5, 5.41) is 8.20. The highest BCUT2D eigenvalue weighted by molar-refractivity contribution is 5.61. The Balaban J connectivity index is 2.20. The molecule has 0 saturated heterocycles. The summed E-state index contributed by atoms with van der Waals surface area (Å²) in [7, 11) is 3.13. The van der Waals surface area contributed by atoms with Gasteiger partial charge < -0.3 is 20.9 Å². The van der Waals surface area contributed by atoms with Crippen molar-refractivity contribution < 1.29 is 9.47 Å². The average Bonchev–Trinajstić information content (AvgIpc) is 2.45. The molecule has 6 heteroatoms. The van der Waals surface area contributed by atoms with Gasteiger partial charge in [-0.05, 0) is 36.4 Å². The molecule has 0 atom stereocenters. The van der Waals surface area contributed by atoms with E-state index in [0.29, 0.717) is 34.2 Å². The summed E-state index contributed by atoms with van der Waals surface area (Å²) in [5.41, 5.74) is 13.9. The number of ether oxygens (including phenoxy) is 2. The monoisotopic (exact) mass is 272 g/mol. The van der Waals surface area contributed by atoms with Gasteiger partial charge in [0.15, 0.2) is 0 Å². The fourth-order valence-corrected chi connectivity index (χ4v) is 1.68. The predicted molar refractivity (Wildman–Crippen MR) is 79.0 cm³/mol. The van der Waals surface area contributed by atoms with Crippen molar-refractivity contribution in [2.45, 2.75) is 0 Å². The molecule has 4 N–H and O–H groups in total. The SMILES string of the molecule is COc1ccc(N=Nc2ccc(OC)c(N)c2)cc1N. The van der Waals surface area contributed by atoms with Crippen LogP contribution in [-0.4, -0.2) is 14.2 Å². The number of nitrogens with two attached hydrogens (primary N) is 2. The summed E-state index contributed by atoms with van der Waals surface area (Å²) in [6.07, 6.45) is 0. The molecular weight excluding hydrogens is 256 g/mol. The number of methoxy groups -OCH3 is 2. The molecule has 104 valence electrons. The van der Waals surface area contributed by atoms with Gasteiger partial charge in [-0.3, -0.25) is 0 Å². The zero-order valence-corrected chi connectivity index (χ0v) is 11.3. The van der Waals surface area contributed by atoms with E-state index in [1.165, 1.54) is 0 Å². The molecule has 0 heterocycles. The molecule has 0 aliphatic rings. The van der Waals surface area contributed by atoms with Crippen molar-refractivity contribution in [3.8, 4) is 11.5 Å². The summed E-state index contributed by atoms with van der Waals surface area (Å²) in [4.78, 5) is 0. The number of rotatable bonds is 4. The molecular formula is C14H16N4O2. The number of azo groups is 1. The molecule has 0 amide bonds. The van der Waals surface area contributed by atoms with E-state index in [0.717, 1.165) is 0 Å². The van der Waals surface area contributed by atoms with Gasteiger partial charge in [0.1, 0.15) is 11.5 Å². The molecule has 0 unspecified atom stereocenters. The van der Waals surface area contributed by atoms with Gasteiger partial charge in [-0.1, -0.05) is 0 Å². The van der Waals surface area contributed by atoms with Crippen molar-refractivity contribution in [2.24, 2.45) is 10.2 Å². The summed E-state index contributed by atoms with van der Waals surface area (Å²) in [5.74, 6) is 1.22. The van der Waals surface area contributed by atoms with E-state index in [1.54, 1.807) is 50.6 Å². The first kappa shape index (κ1) is 13.7. The lowest BCUT2D eigenvalue weighted by atomic mass is 10.2. The van der Waals surface area contributed by atoms with Gasteiger partial charge in [-0.2, -0.15) is 10.2 Å². The molecule has 0 aromatic heterocycles. The Bertz CT molecular complexity index is 586. The van der Waals surface area contributed by atoms with E-state index in [4.69, 9.17) is 20.9 Å². The highest BCUT2D eigenvalue weighted by Crippen LogP contribution is 2.29. The van der Waals surface area contributed by atoms with Crippen LogP contribution in [0, 0.1) is 0 Å². The van der Waals surface area contributed by atoms with Crippen LogP contribution >= 0.6 is 0 Å². The second-order valence-corrected chi connectivity index (χ2v) is 4.05. The molecule has 0 aliphatic carbocycles. The Morgan fingerprint density at radius 3 is 1.45 bits per heavy atom. The van der Waals surface area contributed by atoms with Crippen LogP contribution in [0.4, 0.5) is 22.7 Å². The van der Waals surface area contributed by atoms with E-state index in [2.05, 4.69) is 10.2 Å². The molecule has 2 rings (SSSR count). The molecule has 0 saturated carbocycles. The Morgan fingerprint density at radius 1 is 0.750 bits per heavy atom. The third-order valence-electron chi connectivity index (χ3n) is 2.71. The highest BCUT2D eigenvalue weighted by atomic mass is 16.5. The number of nitrogen functional groups attached to an aromatic ring is 2. The van der Waals surface area contributed by atoms with Gasteiger partial charge in [0, 0.05) is 0 Å². The quantitative estimate of drug-likeness (QED) is 0.659. The Morgan fingerprint density at radius 2 is 1.15 bits per heavy atom. The number of anilines is 2. The Kier molecular flexibility index (Phi) is 4.05. The van der Waals surface area contributed by atoms with Crippen molar-refractivity contribution in [1.29, 1.82) is 0 Å².